The fraction of sp³-hybridized carbons (Fsp3) is 0.200. The highest BCUT2D eigenvalue weighted by atomic mass is 19.3. The summed E-state index contributed by atoms with van der Waals surface area (Å²) in [6.07, 6.45) is 2.73. The lowest BCUT2D eigenvalue weighted by Crippen LogP contribution is -2.22. The predicted octanol–water partition coefficient (Wildman–Crippen LogP) is 3.26. The maximum Gasteiger partial charge on any atom is 0.262 e. The van der Waals surface area contributed by atoms with Crippen molar-refractivity contribution in [3.05, 3.63) is 63.8 Å². The fourth-order valence-corrected chi connectivity index (χ4v) is 2.13. The number of aromatic nitrogens is 3. The van der Waals surface area contributed by atoms with Gasteiger partial charge in [-0.3, -0.25) is 9.20 Å². The Balaban J connectivity index is 0.000000595. The lowest BCUT2D eigenvalue weighted by atomic mass is 10.1. The molecule has 0 saturated carbocycles. The van der Waals surface area contributed by atoms with E-state index in [1.807, 2.05) is 6.92 Å². The molecule has 0 bridgehead atoms. The third-order valence-electron chi connectivity index (χ3n) is 3.32. The number of fused-ring (bicyclic) bond motifs is 1. The first-order valence-corrected chi connectivity index (χ1v) is 6.54. The van der Waals surface area contributed by atoms with Crippen molar-refractivity contribution in [3.8, 4) is 5.69 Å². The standard InChI is InChI=1S/C14H11F2N3O.CH2F2/c1-8-5-10(15)11(6-9(8)2)19-13(20)7-12(16)18-4-3-17-14(18)19;2-1-3/h3-7H,1-2H3;1H2. The van der Waals surface area contributed by atoms with E-state index in [9.17, 15) is 22.4 Å². The molecule has 3 rings (SSSR count). The first kappa shape index (κ1) is 16.7. The third kappa shape index (κ3) is 3.10. The Morgan fingerprint density at radius 1 is 1.09 bits per heavy atom. The molecule has 122 valence electrons. The van der Waals surface area contributed by atoms with Crippen molar-refractivity contribution >= 4 is 5.78 Å². The fourth-order valence-electron chi connectivity index (χ4n) is 2.13. The van der Waals surface area contributed by atoms with E-state index in [0.717, 1.165) is 26.2 Å². The molecule has 0 radical (unpaired) electrons. The Bertz CT molecular complexity index is 902. The minimum atomic E-state index is -1.75. The van der Waals surface area contributed by atoms with Crippen LogP contribution in [0.25, 0.3) is 11.5 Å². The zero-order valence-corrected chi connectivity index (χ0v) is 12.4. The molecule has 2 aromatic heterocycles. The van der Waals surface area contributed by atoms with Crippen LogP contribution in [0.5, 0.6) is 0 Å². The zero-order chi connectivity index (χ0) is 17.1. The molecule has 2 heterocycles. The van der Waals surface area contributed by atoms with Gasteiger partial charge in [0.2, 0.25) is 18.7 Å². The van der Waals surface area contributed by atoms with Crippen molar-refractivity contribution in [1.82, 2.24) is 14.0 Å². The Morgan fingerprint density at radius 2 is 1.70 bits per heavy atom. The maximum absolute atomic E-state index is 14.1. The van der Waals surface area contributed by atoms with Gasteiger partial charge < -0.3 is 0 Å². The molecule has 0 spiro atoms. The summed E-state index contributed by atoms with van der Waals surface area (Å²) in [5.74, 6) is -1.24. The van der Waals surface area contributed by atoms with Crippen LogP contribution in [-0.4, -0.2) is 20.9 Å². The molecule has 8 heteroatoms. The van der Waals surface area contributed by atoms with E-state index in [4.69, 9.17) is 0 Å². The van der Waals surface area contributed by atoms with Crippen molar-refractivity contribution in [2.75, 3.05) is 6.93 Å². The van der Waals surface area contributed by atoms with Gasteiger partial charge in [-0.1, -0.05) is 0 Å². The van der Waals surface area contributed by atoms with Gasteiger partial charge in [0.15, 0.2) is 0 Å². The monoisotopic (exact) mass is 327 g/mol. The van der Waals surface area contributed by atoms with Crippen LogP contribution in [0.2, 0.25) is 0 Å². The summed E-state index contributed by atoms with van der Waals surface area (Å²) in [7, 11) is 0. The predicted molar refractivity (Wildman–Crippen MR) is 77.3 cm³/mol. The minimum Gasteiger partial charge on any atom is -0.269 e. The SMILES string of the molecule is Cc1cc(F)c(-n2c(=O)cc(F)n3ccnc23)cc1C.FCF. The van der Waals surface area contributed by atoms with E-state index in [2.05, 4.69) is 4.98 Å². The van der Waals surface area contributed by atoms with Crippen LogP contribution in [0.3, 0.4) is 0 Å². The summed E-state index contributed by atoms with van der Waals surface area (Å²) in [4.78, 5) is 15.9. The van der Waals surface area contributed by atoms with Crippen molar-refractivity contribution in [3.63, 3.8) is 0 Å². The molecule has 4 nitrogen and oxygen atoms in total. The second-order valence-electron chi connectivity index (χ2n) is 4.73. The molecule has 0 amide bonds. The van der Waals surface area contributed by atoms with Gasteiger partial charge >= 0.3 is 0 Å². The summed E-state index contributed by atoms with van der Waals surface area (Å²) < 4.78 is 49.2. The van der Waals surface area contributed by atoms with E-state index < -0.39 is 24.3 Å². The second-order valence-corrected chi connectivity index (χ2v) is 4.73. The number of hydrogen-bond donors (Lipinski definition) is 0. The quantitative estimate of drug-likeness (QED) is 0.508. The molecule has 3 aromatic rings. The Labute approximate surface area is 128 Å². The van der Waals surface area contributed by atoms with Crippen molar-refractivity contribution < 1.29 is 17.6 Å². The molecule has 0 N–H and O–H groups in total. The lowest BCUT2D eigenvalue weighted by molar-refractivity contribution is 0.295. The molecule has 0 atom stereocenters. The third-order valence-corrected chi connectivity index (χ3v) is 3.32. The van der Waals surface area contributed by atoms with Gasteiger partial charge in [-0.05, 0) is 37.1 Å². The number of nitrogens with zero attached hydrogens (tertiary/aromatic N) is 3. The first-order chi connectivity index (χ1) is 10.9. The van der Waals surface area contributed by atoms with Crippen LogP contribution >= 0.6 is 0 Å². The maximum atomic E-state index is 14.1. The van der Waals surface area contributed by atoms with Gasteiger partial charge in [0.05, 0.1) is 11.8 Å². The molecule has 0 saturated heterocycles. The molecule has 23 heavy (non-hydrogen) atoms. The average molecular weight is 327 g/mol. The highest BCUT2D eigenvalue weighted by Gasteiger charge is 2.15. The number of aryl methyl sites for hydroxylation is 2. The number of imidazole rings is 1. The van der Waals surface area contributed by atoms with E-state index in [-0.39, 0.29) is 11.5 Å². The largest absolute Gasteiger partial charge is 0.269 e. The van der Waals surface area contributed by atoms with E-state index in [1.165, 1.54) is 18.5 Å². The summed E-state index contributed by atoms with van der Waals surface area (Å²) >= 11 is 0. The van der Waals surface area contributed by atoms with Gasteiger partial charge in [-0.15, -0.1) is 0 Å². The number of halogens is 4. The zero-order valence-electron chi connectivity index (χ0n) is 12.4. The van der Waals surface area contributed by atoms with Crippen LogP contribution in [0.4, 0.5) is 17.6 Å². The normalized spacial score (nSPS) is 10.5. The number of rotatable bonds is 1. The van der Waals surface area contributed by atoms with Crippen LogP contribution in [-0.2, 0) is 0 Å². The smallest absolute Gasteiger partial charge is 0.262 e. The van der Waals surface area contributed by atoms with Crippen LogP contribution in [0.15, 0.2) is 35.4 Å². The summed E-state index contributed by atoms with van der Waals surface area (Å²) in [5, 5.41) is 0. The molecule has 0 aliphatic rings. The number of alkyl halides is 2. The van der Waals surface area contributed by atoms with Crippen molar-refractivity contribution in [2.45, 2.75) is 13.8 Å². The lowest BCUT2D eigenvalue weighted by Gasteiger charge is -2.11. The second kappa shape index (κ2) is 6.64. The number of hydrogen-bond acceptors (Lipinski definition) is 2. The summed E-state index contributed by atoms with van der Waals surface area (Å²) in [5.41, 5.74) is 1.01. The summed E-state index contributed by atoms with van der Waals surface area (Å²) in [6.45, 7) is 1.84. The molecular weight excluding hydrogens is 314 g/mol. The van der Waals surface area contributed by atoms with E-state index in [0.29, 0.717) is 0 Å². The van der Waals surface area contributed by atoms with Gasteiger partial charge in [0.1, 0.15) is 5.82 Å². The molecular formula is C15H13F4N3O. The van der Waals surface area contributed by atoms with Crippen molar-refractivity contribution in [1.29, 1.82) is 0 Å². The average Bonchev–Trinajstić information content (AvgIpc) is 2.95. The molecule has 1 aromatic carbocycles. The molecule has 0 unspecified atom stereocenters. The van der Waals surface area contributed by atoms with E-state index >= 15 is 0 Å². The van der Waals surface area contributed by atoms with Gasteiger partial charge in [0.25, 0.3) is 5.56 Å². The van der Waals surface area contributed by atoms with Crippen LogP contribution < -0.4 is 5.56 Å². The summed E-state index contributed by atoms with van der Waals surface area (Å²) in [6, 6.07) is 3.71. The highest BCUT2D eigenvalue weighted by Crippen LogP contribution is 2.19. The van der Waals surface area contributed by atoms with Crippen molar-refractivity contribution in [2.24, 2.45) is 0 Å². The van der Waals surface area contributed by atoms with E-state index in [1.54, 1.807) is 13.0 Å². The molecule has 0 aliphatic carbocycles. The first-order valence-electron chi connectivity index (χ1n) is 6.54. The molecule has 0 fully saturated rings. The van der Waals surface area contributed by atoms with Crippen LogP contribution in [0, 0.1) is 25.6 Å². The molecule has 0 aliphatic heterocycles. The number of benzene rings is 1. The topological polar surface area (TPSA) is 39.3 Å². The Hall–Kier alpha value is -2.64. The van der Waals surface area contributed by atoms with Gasteiger partial charge in [-0.25, -0.2) is 22.7 Å². The van der Waals surface area contributed by atoms with Gasteiger partial charge in [-0.2, -0.15) is 4.39 Å². The van der Waals surface area contributed by atoms with Gasteiger partial charge in [0, 0.05) is 12.4 Å². The Morgan fingerprint density at radius 3 is 2.35 bits per heavy atom. The van der Waals surface area contributed by atoms with Crippen LogP contribution in [0.1, 0.15) is 11.1 Å². The Kier molecular flexibility index (Phi) is 4.83. The highest BCUT2D eigenvalue weighted by molar-refractivity contribution is 5.47. The minimum absolute atomic E-state index is 0.0390.